The largest absolute Gasteiger partial charge is 0.492 e. The third kappa shape index (κ3) is 5.70. The van der Waals surface area contributed by atoms with Crippen molar-refractivity contribution < 1.29 is 22.7 Å². The number of likely N-dealkylation sites (tertiary alicyclic amines) is 1. The van der Waals surface area contributed by atoms with Gasteiger partial charge in [-0.15, -0.1) is 4.40 Å². The number of nitrogens with one attached hydrogen (secondary N) is 2. The molecule has 0 saturated carbocycles. The molecule has 0 aliphatic carbocycles. The molecule has 1 atom stereocenters. The van der Waals surface area contributed by atoms with Crippen LogP contribution in [0.15, 0.2) is 40.9 Å². The van der Waals surface area contributed by atoms with Crippen molar-refractivity contribution in [2.45, 2.75) is 26.7 Å². The Kier molecular flexibility index (Phi) is 6.92. The minimum atomic E-state index is -3.87. The number of anilines is 2. The molecule has 0 bridgehead atoms. The fourth-order valence-electron chi connectivity index (χ4n) is 4.02. The van der Waals surface area contributed by atoms with Crippen LogP contribution < -0.4 is 20.5 Å². The zero-order valence-electron chi connectivity index (χ0n) is 19.5. The summed E-state index contributed by atoms with van der Waals surface area (Å²) >= 11 is 0. The monoisotopic (exact) mass is 500 g/mol. The maximum Gasteiger partial charge on any atom is 0.344 e. The average molecular weight is 501 g/mol. The first-order valence-corrected chi connectivity index (χ1v) is 12.8. The highest BCUT2D eigenvalue weighted by atomic mass is 32.2. The Bertz CT molecular complexity index is 1280. The average Bonchev–Trinajstić information content (AvgIpc) is 2.81. The number of hydrogen-bond acceptors (Lipinski definition) is 7. The highest BCUT2D eigenvalue weighted by Crippen LogP contribution is 2.31. The number of carbonyl (C=O) groups excluding carboxylic acids is 2. The number of ether oxygens (including phenoxy) is 1. The predicted octanol–water partition coefficient (Wildman–Crippen LogP) is 1.98. The van der Waals surface area contributed by atoms with E-state index in [-0.39, 0.29) is 29.5 Å². The summed E-state index contributed by atoms with van der Waals surface area (Å²) in [4.78, 5) is 31.0. The van der Waals surface area contributed by atoms with E-state index in [1.54, 1.807) is 49.1 Å². The molecule has 1 saturated heterocycles. The second-order valence-electron chi connectivity index (χ2n) is 8.88. The number of amides is 2. The van der Waals surface area contributed by atoms with Crippen LogP contribution in [0.1, 0.15) is 42.6 Å². The Morgan fingerprint density at radius 3 is 2.89 bits per heavy atom. The number of amidine groups is 1. The van der Waals surface area contributed by atoms with Crippen LogP contribution in [0.2, 0.25) is 0 Å². The molecular weight excluding hydrogens is 472 g/mol. The van der Waals surface area contributed by atoms with Crippen molar-refractivity contribution in [1.29, 1.82) is 0 Å². The first-order valence-electron chi connectivity index (χ1n) is 11.3. The molecule has 0 radical (unpaired) electrons. The summed E-state index contributed by atoms with van der Waals surface area (Å²) in [6, 6.07) is 8.19. The van der Waals surface area contributed by atoms with Crippen LogP contribution in [0.3, 0.4) is 0 Å². The van der Waals surface area contributed by atoms with E-state index in [4.69, 9.17) is 10.5 Å². The fraction of sp³-hybridized carbons (Fsp3) is 0.391. The third-order valence-corrected chi connectivity index (χ3v) is 6.72. The van der Waals surface area contributed by atoms with Crippen LogP contribution in [-0.2, 0) is 15.0 Å². The van der Waals surface area contributed by atoms with E-state index in [1.807, 2.05) is 0 Å². The highest BCUT2D eigenvalue weighted by molar-refractivity contribution is 7.91. The molecule has 3 heterocycles. The van der Waals surface area contributed by atoms with Crippen molar-refractivity contribution in [3.8, 4) is 5.75 Å². The normalized spacial score (nSPS) is 18.8. The molecule has 0 spiro atoms. The van der Waals surface area contributed by atoms with Gasteiger partial charge in [-0.1, -0.05) is 19.9 Å². The van der Waals surface area contributed by atoms with Gasteiger partial charge in [0, 0.05) is 36.7 Å². The number of carbonyl (C=O) groups is 2. The second kappa shape index (κ2) is 9.90. The molecule has 0 unspecified atom stereocenters. The van der Waals surface area contributed by atoms with Crippen LogP contribution >= 0.6 is 0 Å². The lowest BCUT2D eigenvalue weighted by atomic mass is 9.98. The van der Waals surface area contributed by atoms with E-state index < -0.39 is 10.2 Å². The molecule has 186 valence electrons. The maximum atomic E-state index is 13.1. The van der Waals surface area contributed by atoms with E-state index in [2.05, 4.69) is 19.4 Å². The molecule has 11 nitrogen and oxygen atoms in total. The van der Waals surface area contributed by atoms with Gasteiger partial charge in [-0.2, -0.15) is 8.42 Å². The van der Waals surface area contributed by atoms with Crippen molar-refractivity contribution in [2.24, 2.45) is 22.0 Å². The highest BCUT2D eigenvalue weighted by Gasteiger charge is 2.28. The number of nitrogens with zero attached hydrogens (tertiary/aromatic N) is 3. The summed E-state index contributed by atoms with van der Waals surface area (Å²) in [6.07, 6.45) is 3.20. The van der Waals surface area contributed by atoms with Gasteiger partial charge >= 0.3 is 10.2 Å². The molecule has 2 amide bonds. The maximum absolute atomic E-state index is 13.1. The second-order valence-corrected chi connectivity index (χ2v) is 10.2. The Morgan fingerprint density at radius 1 is 1.31 bits per heavy atom. The van der Waals surface area contributed by atoms with Crippen molar-refractivity contribution in [2.75, 3.05) is 29.7 Å². The minimum Gasteiger partial charge on any atom is -0.492 e. The first-order chi connectivity index (χ1) is 16.6. The SMILES string of the molecule is CC(C)C(=O)Nc1cc(C(=O)N2CCC[C@H](COc3cccc4c3C(N)=NS(=O)(=O)N4)C2)ccn1. The summed E-state index contributed by atoms with van der Waals surface area (Å²) in [6.45, 7) is 5.01. The number of nitrogens with two attached hydrogens (primary N) is 1. The molecule has 4 N–H and O–H groups in total. The quantitative estimate of drug-likeness (QED) is 0.547. The molecule has 2 aliphatic heterocycles. The van der Waals surface area contributed by atoms with Gasteiger partial charge in [-0.3, -0.25) is 14.3 Å². The number of rotatable bonds is 6. The summed E-state index contributed by atoms with van der Waals surface area (Å²) in [7, 11) is -3.87. The van der Waals surface area contributed by atoms with Crippen LogP contribution in [0, 0.1) is 11.8 Å². The minimum absolute atomic E-state index is 0.0731. The number of pyridine rings is 1. The molecule has 12 heteroatoms. The van der Waals surface area contributed by atoms with Gasteiger partial charge in [0.2, 0.25) is 5.91 Å². The van der Waals surface area contributed by atoms with Crippen molar-refractivity contribution in [3.63, 3.8) is 0 Å². The fourth-order valence-corrected chi connectivity index (χ4v) is 4.86. The molecule has 1 aromatic carbocycles. The Hall–Kier alpha value is -3.67. The van der Waals surface area contributed by atoms with Crippen LogP contribution in [0.5, 0.6) is 5.75 Å². The van der Waals surface area contributed by atoms with E-state index in [9.17, 15) is 18.0 Å². The van der Waals surface area contributed by atoms with Gasteiger partial charge in [0.15, 0.2) is 5.84 Å². The molecule has 2 aromatic rings. The van der Waals surface area contributed by atoms with Gasteiger partial charge in [0.25, 0.3) is 5.91 Å². The molecule has 1 aromatic heterocycles. The number of aromatic nitrogens is 1. The van der Waals surface area contributed by atoms with E-state index in [0.29, 0.717) is 48.1 Å². The molecule has 35 heavy (non-hydrogen) atoms. The number of piperidine rings is 1. The molecule has 2 aliphatic rings. The predicted molar refractivity (Wildman–Crippen MR) is 132 cm³/mol. The van der Waals surface area contributed by atoms with Gasteiger partial charge < -0.3 is 20.7 Å². The summed E-state index contributed by atoms with van der Waals surface area (Å²) in [5.41, 5.74) is 7.05. The van der Waals surface area contributed by atoms with E-state index in [1.165, 1.54) is 6.20 Å². The van der Waals surface area contributed by atoms with Crippen LogP contribution in [0.4, 0.5) is 11.5 Å². The number of benzene rings is 1. The van der Waals surface area contributed by atoms with Gasteiger partial charge in [0.1, 0.15) is 11.6 Å². The topological polar surface area (TPSA) is 156 Å². The zero-order chi connectivity index (χ0) is 25.2. The van der Waals surface area contributed by atoms with E-state index >= 15 is 0 Å². The van der Waals surface area contributed by atoms with Crippen molar-refractivity contribution in [1.82, 2.24) is 9.88 Å². The first kappa shape index (κ1) is 24.5. The lowest BCUT2D eigenvalue weighted by Crippen LogP contribution is -2.41. The van der Waals surface area contributed by atoms with Crippen molar-refractivity contribution in [3.05, 3.63) is 47.7 Å². The standard InChI is InChI=1S/C23H28N6O5S/c1-14(2)22(30)26-19-11-16(8-9-25-19)23(31)29-10-4-5-15(12-29)13-34-18-7-3-6-17-20(18)21(24)28-35(32,33)27-17/h3,6-9,11,14-15,27H,4-5,10,12-13H2,1-2H3,(H2,24,28)(H,25,26,30)/t15-/m0/s1. The number of hydrogen-bond donors (Lipinski definition) is 3. The molecule has 4 rings (SSSR count). The van der Waals surface area contributed by atoms with Gasteiger partial charge in [-0.05, 0) is 37.1 Å². The number of fused-ring (bicyclic) bond motifs is 1. The molecule has 1 fully saturated rings. The Labute approximate surface area is 204 Å². The van der Waals surface area contributed by atoms with Crippen molar-refractivity contribution >= 4 is 39.4 Å². The zero-order valence-corrected chi connectivity index (χ0v) is 20.3. The smallest absolute Gasteiger partial charge is 0.344 e. The summed E-state index contributed by atoms with van der Waals surface area (Å²) in [5.74, 6) is 0.205. The summed E-state index contributed by atoms with van der Waals surface area (Å²) in [5, 5.41) is 2.72. The molecular formula is C23H28N6O5S. The third-order valence-electron chi connectivity index (χ3n) is 5.80. The Balaban J connectivity index is 1.41. The van der Waals surface area contributed by atoms with E-state index in [0.717, 1.165) is 12.8 Å². The van der Waals surface area contributed by atoms with Crippen LogP contribution in [-0.4, -0.2) is 55.6 Å². The lowest BCUT2D eigenvalue weighted by molar-refractivity contribution is -0.118. The summed E-state index contributed by atoms with van der Waals surface area (Å²) < 4.78 is 35.4. The van der Waals surface area contributed by atoms with Gasteiger partial charge in [-0.25, -0.2) is 4.98 Å². The van der Waals surface area contributed by atoms with Gasteiger partial charge in [0.05, 0.1) is 17.9 Å². The van der Waals surface area contributed by atoms with Crippen LogP contribution in [0.25, 0.3) is 0 Å². The Morgan fingerprint density at radius 2 is 2.11 bits per heavy atom. The lowest BCUT2D eigenvalue weighted by Gasteiger charge is -2.33.